The molecule has 0 fully saturated rings. The quantitative estimate of drug-likeness (QED) is 0.198. The van der Waals surface area contributed by atoms with Crippen molar-refractivity contribution in [1.29, 1.82) is 0 Å². The van der Waals surface area contributed by atoms with Crippen LogP contribution in [0.4, 0.5) is 0 Å². The summed E-state index contributed by atoms with van der Waals surface area (Å²) in [6, 6.07) is 0. The van der Waals surface area contributed by atoms with E-state index in [4.69, 9.17) is 31.9 Å². The molecular formula is C10H32N2O16. The highest BCUT2D eigenvalue weighted by atomic mass is 16.4. The van der Waals surface area contributed by atoms with Crippen LogP contribution in [-0.2, 0) is 19.2 Å². The first-order valence-electron chi connectivity index (χ1n) is 5.37. The number of nitrogens with two attached hydrogens (primary N) is 2. The van der Waals surface area contributed by atoms with Crippen molar-refractivity contribution < 1.29 is 83.4 Å². The van der Waals surface area contributed by atoms with Crippen LogP contribution in [-0.4, -0.2) is 99.2 Å². The van der Waals surface area contributed by atoms with Crippen molar-refractivity contribution in [2.24, 2.45) is 11.5 Å². The highest BCUT2D eigenvalue weighted by Gasteiger charge is 2.51. The summed E-state index contributed by atoms with van der Waals surface area (Å²) < 4.78 is 0. The van der Waals surface area contributed by atoms with Crippen molar-refractivity contribution in [3.63, 3.8) is 0 Å². The van der Waals surface area contributed by atoms with E-state index in [1.807, 2.05) is 0 Å². The Morgan fingerprint density at radius 1 is 0.464 bits per heavy atom. The molecule has 0 atom stereocenters. The van der Waals surface area contributed by atoms with E-state index in [1.165, 1.54) is 0 Å². The minimum atomic E-state index is -2.22. The van der Waals surface area contributed by atoms with E-state index >= 15 is 0 Å². The number of carboxylic acid groups (broad SMARTS) is 4. The summed E-state index contributed by atoms with van der Waals surface area (Å²) in [6.07, 6.45) is -3.90. The van der Waals surface area contributed by atoms with Crippen LogP contribution >= 0.6 is 0 Å². The zero-order chi connectivity index (χ0) is 16.1. The number of aliphatic carboxylic acids is 4. The largest absolute Gasteiger partial charge is 0.481 e. The molecule has 0 radical (unpaired) electrons. The molecule has 0 amide bonds. The Morgan fingerprint density at radius 3 is 0.643 bits per heavy atom. The molecule has 0 aromatic carbocycles. The minimum absolute atomic E-state index is 0. The second kappa shape index (κ2) is 20.8. The molecule has 0 heterocycles. The fraction of sp³-hybridized carbons (Fsp3) is 0.600. The van der Waals surface area contributed by atoms with Gasteiger partial charge in [0.2, 0.25) is 0 Å². The fourth-order valence-electron chi connectivity index (χ4n) is 1.91. The van der Waals surface area contributed by atoms with Crippen LogP contribution in [0.25, 0.3) is 0 Å². The molecule has 0 saturated carbocycles. The van der Waals surface area contributed by atoms with Crippen molar-refractivity contribution in [1.82, 2.24) is 0 Å². The average Bonchev–Trinajstić information content (AvgIpc) is 2.10. The number of hydrogen-bond donors (Lipinski definition) is 6. The first-order valence-corrected chi connectivity index (χ1v) is 5.37. The lowest BCUT2D eigenvalue weighted by Crippen LogP contribution is -2.68. The molecule has 24 N–H and O–H groups in total. The maximum Gasteiger partial charge on any atom is 0.305 e. The average molecular weight is 436 g/mol. The summed E-state index contributed by atoms with van der Waals surface area (Å²) in [6.45, 7) is 0. The van der Waals surface area contributed by atoms with Crippen LogP contribution in [0.5, 0.6) is 0 Å². The van der Waals surface area contributed by atoms with Gasteiger partial charge >= 0.3 is 23.9 Å². The third kappa shape index (κ3) is 16.9. The Morgan fingerprint density at radius 2 is 0.571 bits per heavy atom. The van der Waals surface area contributed by atoms with Gasteiger partial charge in [0.25, 0.3) is 0 Å². The summed E-state index contributed by atoms with van der Waals surface area (Å²) in [7, 11) is 0. The molecule has 0 bridgehead atoms. The summed E-state index contributed by atoms with van der Waals surface area (Å²) >= 11 is 0. The van der Waals surface area contributed by atoms with Crippen LogP contribution in [0.15, 0.2) is 0 Å². The van der Waals surface area contributed by atoms with Crippen molar-refractivity contribution in [3.05, 3.63) is 0 Å². The SMILES string of the molecule is NC(CC(=O)O)(CC(=O)O)C(N)(CC(=O)O)CC(=O)O.O.O.O.O.O.O.O.O. The minimum Gasteiger partial charge on any atom is -0.481 e. The summed E-state index contributed by atoms with van der Waals surface area (Å²) in [4.78, 5) is 43.2. The van der Waals surface area contributed by atoms with Gasteiger partial charge in [0.1, 0.15) is 0 Å². The topological polar surface area (TPSA) is 453 Å². The molecule has 178 valence electrons. The monoisotopic (exact) mass is 436 g/mol. The lowest BCUT2D eigenvalue weighted by atomic mass is 9.69. The van der Waals surface area contributed by atoms with Gasteiger partial charge < -0.3 is 75.7 Å². The molecule has 0 spiro atoms. The highest BCUT2D eigenvalue weighted by Crippen LogP contribution is 2.31. The molecule has 0 aromatic heterocycles. The van der Waals surface area contributed by atoms with Crippen LogP contribution in [0.1, 0.15) is 25.7 Å². The third-order valence-electron chi connectivity index (χ3n) is 2.86. The van der Waals surface area contributed by atoms with E-state index < -0.39 is 60.6 Å². The van der Waals surface area contributed by atoms with Crippen LogP contribution in [0.2, 0.25) is 0 Å². The van der Waals surface area contributed by atoms with Crippen LogP contribution in [0, 0.1) is 0 Å². The Labute approximate surface area is 156 Å². The number of carbonyl (C=O) groups is 4. The zero-order valence-electron chi connectivity index (χ0n) is 14.4. The molecule has 0 aliphatic rings. The number of rotatable bonds is 9. The standard InChI is InChI=1S/C10H16N2O8.8H2O/c11-9(1-5(13)14,2-6(15)16)10(12,3-7(17)18)4-8(19)20;;;;;;;;/h1-4,11-12H2,(H,13,14)(H,15,16)(H,17,18)(H,19,20);8*1H2. The first-order chi connectivity index (χ1) is 8.92. The Bertz CT molecular complexity index is 369. The van der Waals surface area contributed by atoms with Gasteiger partial charge in [-0.05, 0) is 0 Å². The molecule has 18 heteroatoms. The molecule has 28 heavy (non-hydrogen) atoms. The van der Waals surface area contributed by atoms with E-state index in [1.54, 1.807) is 0 Å². The molecule has 0 aliphatic heterocycles. The Kier molecular flexibility index (Phi) is 41.7. The van der Waals surface area contributed by atoms with Gasteiger partial charge in [0.05, 0.1) is 36.8 Å². The van der Waals surface area contributed by atoms with Gasteiger partial charge in [-0.1, -0.05) is 0 Å². The normalized spacial score (nSPS) is 8.50. The van der Waals surface area contributed by atoms with Gasteiger partial charge in [-0.15, -0.1) is 0 Å². The van der Waals surface area contributed by atoms with Crippen LogP contribution in [0.3, 0.4) is 0 Å². The third-order valence-corrected chi connectivity index (χ3v) is 2.86. The predicted molar refractivity (Wildman–Crippen MR) is 91.8 cm³/mol. The Hall–Kier alpha value is -2.52. The summed E-state index contributed by atoms with van der Waals surface area (Å²) in [5.41, 5.74) is 6.88. The lowest BCUT2D eigenvalue weighted by Gasteiger charge is -2.42. The second-order valence-corrected chi connectivity index (χ2v) is 4.59. The molecule has 0 saturated heterocycles. The lowest BCUT2D eigenvalue weighted by molar-refractivity contribution is -0.150. The highest BCUT2D eigenvalue weighted by molar-refractivity contribution is 5.78. The molecule has 0 aliphatic carbocycles. The fourth-order valence-corrected chi connectivity index (χ4v) is 1.91. The second-order valence-electron chi connectivity index (χ2n) is 4.59. The molecular weight excluding hydrogens is 404 g/mol. The number of carboxylic acids is 4. The number of hydrogen-bond acceptors (Lipinski definition) is 6. The zero-order valence-corrected chi connectivity index (χ0v) is 14.4. The van der Waals surface area contributed by atoms with Gasteiger partial charge in [0, 0.05) is 0 Å². The first kappa shape index (κ1) is 56.2. The molecule has 0 aromatic rings. The summed E-state index contributed by atoms with van der Waals surface area (Å²) in [5.74, 6) is -6.06. The van der Waals surface area contributed by atoms with E-state index in [9.17, 15) is 19.2 Å². The van der Waals surface area contributed by atoms with Crippen molar-refractivity contribution >= 4 is 23.9 Å². The molecule has 18 nitrogen and oxygen atoms in total. The maximum atomic E-state index is 10.8. The Balaban J connectivity index is -0.0000000645. The van der Waals surface area contributed by atoms with E-state index in [0.717, 1.165) is 0 Å². The van der Waals surface area contributed by atoms with E-state index in [2.05, 4.69) is 0 Å². The molecule has 0 unspecified atom stereocenters. The van der Waals surface area contributed by atoms with Gasteiger partial charge in [-0.3, -0.25) is 19.2 Å². The van der Waals surface area contributed by atoms with Gasteiger partial charge in [0.15, 0.2) is 0 Å². The van der Waals surface area contributed by atoms with Crippen molar-refractivity contribution in [2.45, 2.75) is 36.8 Å². The smallest absolute Gasteiger partial charge is 0.305 e. The van der Waals surface area contributed by atoms with Crippen molar-refractivity contribution in [2.75, 3.05) is 0 Å². The summed E-state index contributed by atoms with van der Waals surface area (Å²) in [5, 5.41) is 35.1. The van der Waals surface area contributed by atoms with E-state index in [-0.39, 0.29) is 43.8 Å². The van der Waals surface area contributed by atoms with Crippen LogP contribution < -0.4 is 11.5 Å². The van der Waals surface area contributed by atoms with Crippen molar-refractivity contribution in [3.8, 4) is 0 Å². The molecule has 0 rings (SSSR count). The van der Waals surface area contributed by atoms with E-state index in [0.29, 0.717) is 0 Å². The van der Waals surface area contributed by atoms with Gasteiger partial charge in [-0.25, -0.2) is 0 Å². The maximum absolute atomic E-state index is 10.8. The predicted octanol–water partition coefficient (Wildman–Crippen LogP) is -8.32. The van der Waals surface area contributed by atoms with Gasteiger partial charge in [-0.2, -0.15) is 0 Å².